The van der Waals surface area contributed by atoms with Crippen LogP contribution >= 0.6 is 0 Å². The second-order valence-electron chi connectivity index (χ2n) is 7.86. The molecule has 0 aliphatic carbocycles. The third kappa shape index (κ3) is 3.04. The van der Waals surface area contributed by atoms with E-state index >= 15 is 0 Å². The molecule has 1 aromatic carbocycles. The number of benzene rings is 1. The maximum Gasteiger partial charge on any atom is 0.203 e. The number of hydrogen-bond acceptors (Lipinski definition) is 2. The molecule has 2 heteroatoms. The van der Waals surface area contributed by atoms with Crippen molar-refractivity contribution in [1.82, 2.24) is 0 Å². The molecule has 2 nitrogen and oxygen atoms in total. The number of Topliss-reactive ketones (excluding diaryl/α,β-unsaturated/α-hetero) is 1. The Balaban J connectivity index is 2.70. The van der Waals surface area contributed by atoms with Crippen LogP contribution in [0.3, 0.4) is 0 Å². The minimum Gasteiger partial charge on any atom is -0.453 e. The quantitative estimate of drug-likeness (QED) is 0.680. The van der Waals surface area contributed by atoms with Gasteiger partial charge < -0.3 is 4.42 Å². The number of ketones is 1. The molecule has 0 radical (unpaired) electrons. The summed E-state index contributed by atoms with van der Waals surface area (Å²) in [5, 5.41) is 1.03. The van der Waals surface area contributed by atoms with Crippen LogP contribution in [-0.4, -0.2) is 5.78 Å². The fourth-order valence-electron chi connectivity index (χ4n) is 2.46. The molecular weight excluding hydrogens is 260 g/mol. The van der Waals surface area contributed by atoms with E-state index in [9.17, 15) is 4.79 Å². The zero-order valence-corrected chi connectivity index (χ0v) is 14.3. The Kier molecular flexibility index (Phi) is 3.77. The second-order valence-corrected chi connectivity index (χ2v) is 7.86. The van der Waals surface area contributed by atoms with Gasteiger partial charge in [0.15, 0.2) is 5.76 Å². The number of hydrogen-bond donors (Lipinski definition) is 0. The monoisotopic (exact) mass is 286 g/mol. The van der Waals surface area contributed by atoms with E-state index in [0.717, 1.165) is 17.4 Å². The number of aryl methyl sites for hydroxylation is 1. The Labute approximate surface area is 127 Å². The molecule has 0 aliphatic heterocycles. The molecule has 114 valence electrons. The Morgan fingerprint density at radius 2 is 1.67 bits per heavy atom. The van der Waals surface area contributed by atoms with Crippen molar-refractivity contribution in [2.45, 2.75) is 60.3 Å². The minimum absolute atomic E-state index is 0.0106. The first-order valence-corrected chi connectivity index (χ1v) is 7.66. The highest BCUT2D eigenvalue weighted by Gasteiger charge is 2.28. The number of rotatable bonds is 2. The van der Waals surface area contributed by atoms with Crippen molar-refractivity contribution in [1.29, 1.82) is 0 Å². The molecule has 2 rings (SSSR count). The standard InChI is InChI=1S/C19H26O2/c1-8-12-9-13-11-15(17(20)19(5,6)7)21-16(13)14(10-12)18(2,3)4/h9-11H,8H2,1-7H3. The van der Waals surface area contributed by atoms with Crippen LogP contribution in [-0.2, 0) is 11.8 Å². The highest BCUT2D eigenvalue weighted by Crippen LogP contribution is 2.35. The third-order valence-corrected chi connectivity index (χ3v) is 3.80. The van der Waals surface area contributed by atoms with Gasteiger partial charge in [0, 0.05) is 16.4 Å². The first-order valence-electron chi connectivity index (χ1n) is 7.66. The van der Waals surface area contributed by atoms with Gasteiger partial charge in [-0.1, -0.05) is 54.5 Å². The summed E-state index contributed by atoms with van der Waals surface area (Å²) in [6, 6.07) is 6.24. The van der Waals surface area contributed by atoms with Gasteiger partial charge in [0.05, 0.1) is 0 Å². The summed E-state index contributed by atoms with van der Waals surface area (Å²) in [5.41, 5.74) is 2.87. The van der Waals surface area contributed by atoms with Crippen molar-refractivity contribution >= 4 is 16.8 Å². The Morgan fingerprint density at radius 3 is 2.14 bits per heavy atom. The van der Waals surface area contributed by atoms with Crippen LogP contribution in [0.25, 0.3) is 11.0 Å². The van der Waals surface area contributed by atoms with E-state index in [1.54, 1.807) is 0 Å². The molecule has 0 amide bonds. The average Bonchev–Trinajstić information content (AvgIpc) is 2.77. The fourth-order valence-corrected chi connectivity index (χ4v) is 2.46. The molecule has 1 heterocycles. The Bertz CT molecular complexity index is 676. The predicted octanol–water partition coefficient (Wildman–Crippen LogP) is 5.52. The summed E-state index contributed by atoms with van der Waals surface area (Å²) in [6.45, 7) is 14.4. The zero-order valence-electron chi connectivity index (χ0n) is 14.3. The maximum absolute atomic E-state index is 12.5. The van der Waals surface area contributed by atoms with Gasteiger partial charge in [-0.2, -0.15) is 0 Å². The van der Waals surface area contributed by atoms with E-state index in [1.165, 1.54) is 11.1 Å². The van der Waals surface area contributed by atoms with Crippen molar-refractivity contribution in [3.8, 4) is 0 Å². The van der Waals surface area contributed by atoms with Crippen LogP contribution in [0, 0.1) is 5.41 Å². The molecule has 0 saturated carbocycles. The largest absolute Gasteiger partial charge is 0.453 e. The van der Waals surface area contributed by atoms with Crippen LogP contribution in [0.4, 0.5) is 0 Å². The molecule has 0 bridgehead atoms. The van der Waals surface area contributed by atoms with Gasteiger partial charge in [-0.25, -0.2) is 0 Å². The highest BCUT2D eigenvalue weighted by molar-refractivity contribution is 6.01. The molecule has 0 spiro atoms. The lowest BCUT2D eigenvalue weighted by Crippen LogP contribution is -2.19. The van der Waals surface area contributed by atoms with Gasteiger partial charge in [-0.3, -0.25) is 4.79 Å². The molecule has 0 saturated heterocycles. The Morgan fingerprint density at radius 1 is 1.05 bits per heavy atom. The number of carbonyl (C=O) groups is 1. The van der Waals surface area contributed by atoms with E-state index in [2.05, 4.69) is 39.8 Å². The number of carbonyl (C=O) groups excluding carboxylic acids is 1. The number of fused-ring (bicyclic) bond motifs is 1. The molecule has 0 fully saturated rings. The van der Waals surface area contributed by atoms with Gasteiger partial charge in [0.25, 0.3) is 0 Å². The summed E-state index contributed by atoms with van der Waals surface area (Å²) in [5.74, 6) is 0.521. The topological polar surface area (TPSA) is 30.2 Å². The molecule has 0 unspecified atom stereocenters. The van der Waals surface area contributed by atoms with E-state index in [4.69, 9.17) is 4.42 Å². The summed E-state index contributed by atoms with van der Waals surface area (Å²) in [4.78, 5) is 12.5. The summed E-state index contributed by atoms with van der Waals surface area (Å²) in [6.07, 6.45) is 0.979. The molecule has 0 N–H and O–H groups in total. The predicted molar refractivity (Wildman–Crippen MR) is 88.1 cm³/mol. The minimum atomic E-state index is -0.427. The number of furan rings is 1. The molecule has 2 aromatic rings. The van der Waals surface area contributed by atoms with E-state index in [-0.39, 0.29) is 11.2 Å². The average molecular weight is 286 g/mol. The fraction of sp³-hybridized carbons (Fsp3) is 0.526. The lowest BCUT2D eigenvalue weighted by atomic mass is 9.84. The molecular formula is C19H26O2. The van der Waals surface area contributed by atoms with Gasteiger partial charge in [-0.05, 0) is 29.5 Å². The van der Waals surface area contributed by atoms with E-state index in [1.807, 2.05) is 26.8 Å². The van der Waals surface area contributed by atoms with Crippen LogP contribution in [0.2, 0.25) is 0 Å². The summed E-state index contributed by atoms with van der Waals surface area (Å²) in [7, 11) is 0. The van der Waals surface area contributed by atoms with Crippen molar-refractivity contribution in [3.63, 3.8) is 0 Å². The lowest BCUT2D eigenvalue weighted by molar-refractivity contribution is 0.0830. The van der Waals surface area contributed by atoms with Gasteiger partial charge in [0.1, 0.15) is 5.58 Å². The summed E-state index contributed by atoms with van der Waals surface area (Å²) >= 11 is 0. The van der Waals surface area contributed by atoms with E-state index < -0.39 is 5.41 Å². The van der Waals surface area contributed by atoms with Crippen LogP contribution in [0.15, 0.2) is 22.6 Å². The van der Waals surface area contributed by atoms with Gasteiger partial charge in [0.2, 0.25) is 5.78 Å². The first-order chi connectivity index (χ1) is 9.54. The molecule has 1 aromatic heterocycles. The third-order valence-electron chi connectivity index (χ3n) is 3.80. The van der Waals surface area contributed by atoms with E-state index in [0.29, 0.717) is 5.76 Å². The first kappa shape index (κ1) is 15.8. The van der Waals surface area contributed by atoms with Crippen LogP contribution in [0.1, 0.15) is 70.1 Å². The van der Waals surface area contributed by atoms with Crippen LogP contribution < -0.4 is 0 Å². The lowest BCUT2D eigenvalue weighted by Gasteiger charge is -2.20. The van der Waals surface area contributed by atoms with Crippen LogP contribution in [0.5, 0.6) is 0 Å². The zero-order chi connectivity index (χ0) is 16.0. The normalized spacial score (nSPS) is 12.9. The van der Waals surface area contributed by atoms with Gasteiger partial charge in [-0.15, -0.1) is 0 Å². The van der Waals surface area contributed by atoms with Crippen molar-refractivity contribution in [2.24, 2.45) is 5.41 Å². The molecule has 0 atom stereocenters. The van der Waals surface area contributed by atoms with Gasteiger partial charge >= 0.3 is 0 Å². The molecule has 21 heavy (non-hydrogen) atoms. The molecule has 0 aliphatic rings. The SMILES string of the molecule is CCc1cc(C(C)(C)C)c2oc(C(=O)C(C)(C)C)cc2c1. The maximum atomic E-state index is 12.5. The van der Waals surface area contributed by atoms with Crippen molar-refractivity contribution in [2.75, 3.05) is 0 Å². The smallest absolute Gasteiger partial charge is 0.203 e. The van der Waals surface area contributed by atoms with Crippen molar-refractivity contribution < 1.29 is 9.21 Å². The Hall–Kier alpha value is -1.57. The highest BCUT2D eigenvalue weighted by atomic mass is 16.3. The van der Waals surface area contributed by atoms with Crippen molar-refractivity contribution in [3.05, 3.63) is 35.1 Å². The second kappa shape index (κ2) is 5.01. The summed E-state index contributed by atoms with van der Waals surface area (Å²) < 4.78 is 5.96.